The molecule has 1 aliphatic carbocycles. The quantitative estimate of drug-likeness (QED) is 0.465. The van der Waals surface area contributed by atoms with Gasteiger partial charge in [-0.05, 0) is 65.2 Å². The monoisotopic (exact) mass is 433 g/mol. The molecule has 1 nitrogen and oxygen atoms in total. The maximum absolute atomic E-state index is 2.64. The summed E-state index contributed by atoms with van der Waals surface area (Å²) in [6.45, 7) is 18.7. The van der Waals surface area contributed by atoms with E-state index < -0.39 is 0 Å². The molecule has 0 fully saturated rings. The summed E-state index contributed by atoms with van der Waals surface area (Å²) in [4.78, 5) is 4.28. The lowest BCUT2D eigenvalue weighted by Crippen LogP contribution is -2.22. The standard InChI is InChI=1S/C29H39NS/c1-19-11-9-13-24(26(19)30-18-31-27-20(2)12-10-14-25(27)30)21-15-22(28(3,4)5)17-23(16-21)29(6,7)8/h9,11,13,15-17,20H,10,12,14,18H2,1-8H3. The fraction of sp³-hybridized carbons (Fsp3) is 0.517. The molecule has 0 saturated heterocycles. The molecule has 2 heteroatoms. The van der Waals surface area contributed by atoms with Crippen LogP contribution in [-0.4, -0.2) is 5.88 Å². The Morgan fingerprint density at radius 3 is 2.19 bits per heavy atom. The van der Waals surface area contributed by atoms with Crippen LogP contribution in [0.15, 0.2) is 47.0 Å². The lowest BCUT2D eigenvalue weighted by molar-refractivity contribution is 0.556. The van der Waals surface area contributed by atoms with Gasteiger partial charge in [-0.25, -0.2) is 0 Å². The third kappa shape index (κ3) is 4.33. The average molecular weight is 434 g/mol. The highest BCUT2D eigenvalue weighted by Gasteiger charge is 2.32. The number of hydrogen-bond donors (Lipinski definition) is 0. The molecule has 0 radical (unpaired) electrons. The molecule has 2 aromatic carbocycles. The highest BCUT2D eigenvalue weighted by atomic mass is 32.2. The zero-order valence-electron chi connectivity index (χ0n) is 20.7. The molecule has 0 saturated carbocycles. The van der Waals surface area contributed by atoms with Gasteiger partial charge in [0.05, 0.1) is 11.6 Å². The zero-order valence-corrected chi connectivity index (χ0v) is 21.5. The number of aryl methyl sites for hydroxylation is 1. The van der Waals surface area contributed by atoms with E-state index in [1.54, 1.807) is 10.6 Å². The molecule has 1 aliphatic heterocycles. The van der Waals surface area contributed by atoms with Crippen molar-refractivity contribution in [1.29, 1.82) is 0 Å². The van der Waals surface area contributed by atoms with E-state index in [2.05, 4.69) is 108 Å². The number of hydrogen-bond acceptors (Lipinski definition) is 2. The van der Waals surface area contributed by atoms with Gasteiger partial charge in [-0.3, -0.25) is 0 Å². The van der Waals surface area contributed by atoms with Crippen LogP contribution in [0.4, 0.5) is 5.69 Å². The topological polar surface area (TPSA) is 3.24 Å². The molecule has 0 spiro atoms. The Morgan fingerprint density at radius 1 is 0.935 bits per heavy atom. The number of para-hydroxylation sites is 1. The number of allylic oxidation sites excluding steroid dienone is 2. The third-order valence-electron chi connectivity index (χ3n) is 6.94. The van der Waals surface area contributed by atoms with Crippen LogP contribution in [0.25, 0.3) is 11.1 Å². The van der Waals surface area contributed by atoms with Crippen LogP contribution >= 0.6 is 11.8 Å². The predicted molar refractivity (Wildman–Crippen MR) is 139 cm³/mol. The maximum atomic E-state index is 2.64. The Labute approximate surface area is 194 Å². The lowest BCUT2D eigenvalue weighted by Gasteiger charge is -2.30. The molecule has 2 aliphatic rings. The van der Waals surface area contributed by atoms with Crippen LogP contribution < -0.4 is 4.90 Å². The number of thioether (sulfide) groups is 1. The van der Waals surface area contributed by atoms with Crippen LogP contribution in [0.1, 0.15) is 84.4 Å². The number of benzene rings is 2. The van der Waals surface area contributed by atoms with Crippen molar-refractivity contribution in [3.05, 3.63) is 63.7 Å². The Hall–Kier alpha value is -1.67. The van der Waals surface area contributed by atoms with Gasteiger partial charge in [-0.15, -0.1) is 11.8 Å². The minimum Gasteiger partial charge on any atom is -0.333 e. The first-order valence-corrected chi connectivity index (χ1v) is 12.8. The summed E-state index contributed by atoms with van der Waals surface area (Å²) in [6, 6.07) is 14.2. The number of rotatable bonds is 2. The van der Waals surface area contributed by atoms with E-state index in [1.165, 1.54) is 52.8 Å². The number of nitrogens with zero attached hydrogens (tertiary/aromatic N) is 1. The van der Waals surface area contributed by atoms with Crippen LogP contribution in [0.3, 0.4) is 0 Å². The maximum Gasteiger partial charge on any atom is 0.0729 e. The second-order valence-corrected chi connectivity index (χ2v) is 12.6. The molecular formula is C29H39NS. The third-order valence-corrected chi connectivity index (χ3v) is 8.28. The second-order valence-electron chi connectivity index (χ2n) is 11.6. The predicted octanol–water partition coefficient (Wildman–Crippen LogP) is 8.80. The van der Waals surface area contributed by atoms with Crippen molar-refractivity contribution in [2.75, 3.05) is 10.8 Å². The molecule has 0 N–H and O–H groups in total. The summed E-state index contributed by atoms with van der Waals surface area (Å²) in [7, 11) is 0. The van der Waals surface area contributed by atoms with Gasteiger partial charge in [0.1, 0.15) is 0 Å². The molecule has 2 aromatic rings. The Bertz CT molecular complexity index is 984. The highest BCUT2D eigenvalue weighted by molar-refractivity contribution is 8.03. The summed E-state index contributed by atoms with van der Waals surface area (Å²) in [5.41, 5.74) is 10.2. The fourth-order valence-electron chi connectivity index (χ4n) is 4.92. The van der Waals surface area contributed by atoms with Gasteiger partial charge in [-0.2, -0.15) is 0 Å². The molecule has 31 heavy (non-hydrogen) atoms. The van der Waals surface area contributed by atoms with Crippen LogP contribution in [0, 0.1) is 12.8 Å². The van der Waals surface area contributed by atoms with Gasteiger partial charge in [0.2, 0.25) is 0 Å². The van der Waals surface area contributed by atoms with Crippen molar-refractivity contribution < 1.29 is 0 Å². The summed E-state index contributed by atoms with van der Waals surface area (Å²) in [5.74, 6) is 1.76. The second kappa shape index (κ2) is 8.03. The Kier molecular flexibility index (Phi) is 5.83. The fourth-order valence-corrected chi connectivity index (χ4v) is 6.25. The molecule has 1 heterocycles. The van der Waals surface area contributed by atoms with Gasteiger partial charge in [0.15, 0.2) is 0 Å². The molecule has 4 rings (SSSR count). The summed E-state index contributed by atoms with van der Waals surface area (Å²) in [5, 5.41) is 0. The van der Waals surface area contributed by atoms with Crippen molar-refractivity contribution in [2.45, 2.75) is 85.5 Å². The van der Waals surface area contributed by atoms with Crippen molar-refractivity contribution in [3.63, 3.8) is 0 Å². The molecular weight excluding hydrogens is 394 g/mol. The smallest absolute Gasteiger partial charge is 0.0729 e. The van der Waals surface area contributed by atoms with E-state index in [1.807, 2.05) is 0 Å². The summed E-state index contributed by atoms with van der Waals surface area (Å²) >= 11 is 2.07. The van der Waals surface area contributed by atoms with Gasteiger partial charge in [0, 0.05) is 16.2 Å². The average Bonchev–Trinajstić information content (AvgIpc) is 3.11. The van der Waals surface area contributed by atoms with E-state index in [-0.39, 0.29) is 10.8 Å². The molecule has 0 amide bonds. The van der Waals surface area contributed by atoms with E-state index >= 15 is 0 Å². The van der Waals surface area contributed by atoms with Crippen molar-refractivity contribution in [2.24, 2.45) is 5.92 Å². The normalized spacial score (nSPS) is 19.7. The minimum atomic E-state index is 0.123. The largest absolute Gasteiger partial charge is 0.333 e. The van der Waals surface area contributed by atoms with Gasteiger partial charge >= 0.3 is 0 Å². The van der Waals surface area contributed by atoms with Crippen molar-refractivity contribution in [3.8, 4) is 11.1 Å². The number of anilines is 1. The SMILES string of the molecule is Cc1cccc(-c2cc(C(C)(C)C)cc(C(C)(C)C)c2)c1N1CSC2=C1CCCC2C. The minimum absolute atomic E-state index is 0.123. The Balaban J connectivity index is 1.91. The summed E-state index contributed by atoms with van der Waals surface area (Å²) in [6.07, 6.45) is 3.87. The molecule has 0 bridgehead atoms. The van der Waals surface area contributed by atoms with E-state index in [0.29, 0.717) is 5.92 Å². The molecule has 0 aromatic heterocycles. The van der Waals surface area contributed by atoms with Crippen molar-refractivity contribution >= 4 is 17.4 Å². The van der Waals surface area contributed by atoms with Crippen LogP contribution in [0.2, 0.25) is 0 Å². The lowest BCUT2D eigenvalue weighted by atomic mass is 9.78. The molecule has 166 valence electrons. The van der Waals surface area contributed by atoms with Crippen LogP contribution in [-0.2, 0) is 10.8 Å². The zero-order chi connectivity index (χ0) is 22.6. The van der Waals surface area contributed by atoms with E-state index in [0.717, 1.165) is 5.88 Å². The van der Waals surface area contributed by atoms with Gasteiger partial charge in [0.25, 0.3) is 0 Å². The molecule has 1 unspecified atom stereocenters. The first-order chi connectivity index (χ1) is 14.5. The van der Waals surface area contributed by atoms with E-state index in [9.17, 15) is 0 Å². The van der Waals surface area contributed by atoms with Crippen LogP contribution in [0.5, 0.6) is 0 Å². The first kappa shape index (κ1) is 22.5. The van der Waals surface area contributed by atoms with E-state index in [4.69, 9.17) is 0 Å². The first-order valence-electron chi connectivity index (χ1n) is 11.9. The van der Waals surface area contributed by atoms with Gasteiger partial charge < -0.3 is 4.90 Å². The van der Waals surface area contributed by atoms with Gasteiger partial charge in [-0.1, -0.05) is 84.9 Å². The van der Waals surface area contributed by atoms with Crippen molar-refractivity contribution in [1.82, 2.24) is 0 Å². The molecule has 1 atom stereocenters. The summed E-state index contributed by atoms with van der Waals surface area (Å²) < 4.78 is 0. The Morgan fingerprint density at radius 2 is 1.58 bits per heavy atom. The highest BCUT2D eigenvalue weighted by Crippen LogP contribution is 2.49.